The van der Waals surface area contributed by atoms with Gasteiger partial charge in [-0.1, -0.05) is 34.6 Å². The molecule has 0 aromatic carbocycles. The van der Waals surface area contributed by atoms with Gasteiger partial charge in [-0.05, 0) is 91.3 Å². The Balaban J connectivity index is 1.12. The number of hydrogen-bond donors (Lipinski definition) is 9. The number of rotatable bonds is 11. The van der Waals surface area contributed by atoms with Crippen LogP contribution in [0.1, 0.15) is 86.0 Å². The lowest BCUT2D eigenvalue weighted by molar-refractivity contribution is -0.303. The van der Waals surface area contributed by atoms with Gasteiger partial charge in [0, 0.05) is 19.4 Å². The average molecular weight is 761 g/mol. The predicted octanol–water partition coefficient (Wildman–Crippen LogP) is 0.295. The topological polar surface area (TPSA) is 228 Å². The van der Waals surface area contributed by atoms with Crippen molar-refractivity contribution in [3.8, 4) is 0 Å². The second kappa shape index (κ2) is 16.0. The van der Waals surface area contributed by atoms with Gasteiger partial charge in [-0.25, -0.2) is 0 Å². The number of aliphatic hydroxyl groups excluding tert-OH is 8. The van der Waals surface area contributed by atoms with Crippen molar-refractivity contribution in [1.29, 1.82) is 0 Å². The van der Waals surface area contributed by atoms with E-state index >= 15 is 0 Å². The van der Waals surface area contributed by atoms with E-state index in [9.17, 15) is 46.0 Å². The molecule has 0 amide bonds. The van der Waals surface area contributed by atoms with Crippen LogP contribution in [0.15, 0.2) is 0 Å². The number of aliphatic hydroxyl groups is 9. The molecule has 6 fully saturated rings. The normalized spacial score (nSPS) is 52.8. The van der Waals surface area contributed by atoms with Gasteiger partial charge in [0.1, 0.15) is 36.6 Å². The van der Waals surface area contributed by atoms with E-state index in [-0.39, 0.29) is 67.9 Å². The lowest BCUT2D eigenvalue weighted by Crippen LogP contribution is -2.69. The first-order valence-corrected chi connectivity index (χ1v) is 20.1. The zero-order valence-electron chi connectivity index (χ0n) is 32.3. The molecular weight excluding hydrogens is 692 g/mol. The standard InChI is InChI=1S/C39H68O14/c1-18(2)20(15-50-35-32(47)28(43)24(41)16-51-35)8-7-19(3)27-30(45)31(46)34-38(27,5)12-10-26-37(4)11-9-21(13-22(37)23(40)14-39(26,34)48)53-36-33(49-6)29(44)25(42)17-52-36/h18-36,40-48H,7-17H2,1-6H3/t19-,20-,21+,22-,23-,24-,25-,26-,27+,28+,29+,30-,31+,32-,33-,34-,35-,36+,37+,38-,39+/m1/s1. The molecule has 0 unspecified atom stereocenters. The van der Waals surface area contributed by atoms with Crippen molar-refractivity contribution in [3.63, 3.8) is 0 Å². The Labute approximate surface area is 313 Å². The molecule has 2 saturated heterocycles. The summed E-state index contributed by atoms with van der Waals surface area (Å²) in [6.45, 7) is 10.6. The fourth-order valence-corrected chi connectivity index (χ4v) is 12.4. The Hall–Kier alpha value is -0.560. The molecule has 0 aromatic heterocycles. The Morgan fingerprint density at radius 3 is 2.04 bits per heavy atom. The molecule has 4 saturated carbocycles. The summed E-state index contributed by atoms with van der Waals surface area (Å²) in [5.41, 5.74) is -2.41. The maximum absolute atomic E-state index is 12.8. The summed E-state index contributed by atoms with van der Waals surface area (Å²) in [6.07, 6.45) is -7.35. The lowest BCUT2D eigenvalue weighted by atomic mass is 9.41. The van der Waals surface area contributed by atoms with Crippen LogP contribution in [0.25, 0.3) is 0 Å². The van der Waals surface area contributed by atoms with Crippen LogP contribution < -0.4 is 0 Å². The first-order valence-electron chi connectivity index (χ1n) is 20.1. The second-order valence-electron chi connectivity index (χ2n) is 18.6. The van der Waals surface area contributed by atoms with E-state index in [1.807, 2.05) is 0 Å². The molecule has 14 heteroatoms. The van der Waals surface area contributed by atoms with E-state index in [2.05, 4.69) is 34.6 Å². The molecule has 2 aliphatic heterocycles. The van der Waals surface area contributed by atoms with Crippen LogP contribution in [0.3, 0.4) is 0 Å². The van der Waals surface area contributed by atoms with Crippen LogP contribution in [0.4, 0.5) is 0 Å². The van der Waals surface area contributed by atoms with Gasteiger partial charge in [-0.2, -0.15) is 0 Å². The smallest absolute Gasteiger partial charge is 0.186 e. The van der Waals surface area contributed by atoms with Crippen LogP contribution in [0.2, 0.25) is 0 Å². The summed E-state index contributed by atoms with van der Waals surface area (Å²) in [4.78, 5) is 0. The number of ether oxygens (including phenoxy) is 5. The Morgan fingerprint density at radius 2 is 1.38 bits per heavy atom. The highest BCUT2D eigenvalue weighted by Crippen LogP contribution is 2.70. The summed E-state index contributed by atoms with van der Waals surface area (Å²) < 4.78 is 28.8. The van der Waals surface area contributed by atoms with E-state index in [4.69, 9.17) is 23.7 Å². The quantitative estimate of drug-likeness (QED) is 0.129. The minimum atomic E-state index is -1.39. The third kappa shape index (κ3) is 7.39. The lowest BCUT2D eigenvalue weighted by Gasteiger charge is -2.66. The molecule has 9 N–H and O–H groups in total. The number of fused-ring (bicyclic) bond motifs is 5. The van der Waals surface area contributed by atoms with Crippen molar-refractivity contribution in [2.45, 2.75) is 165 Å². The monoisotopic (exact) mass is 760 g/mol. The van der Waals surface area contributed by atoms with Crippen molar-refractivity contribution in [3.05, 3.63) is 0 Å². The van der Waals surface area contributed by atoms with E-state index in [1.165, 1.54) is 7.11 Å². The Morgan fingerprint density at radius 1 is 0.736 bits per heavy atom. The maximum atomic E-state index is 12.8. The third-order valence-electron chi connectivity index (χ3n) is 15.3. The van der Waals surface area contributed by atoms with Crippen LogP contribution in [-0.4, -0.2) is 152 Å². The van der Waals surface area contributed by atoms with Crippen molar-refractivity contribution < 1.29 is 69.6 Å². The summed E-state index contributed by atoms with van der Waals surface area (Å²) in [7, 11) is 1.44. The molecule has 0 aromatic rings. The largest absolute Gasteiger partial charge is 0.393 e. The van der Waals surface area contributed by atoms with Crippen LogP contribution in [0, 0.1) is 52.3 Å². The fourth-order valence-electron chi connectivity index (χ4n) is 12.4. The molecule has 308 valence electrons. The van der Waals surface area contributed by atoms with E-state index in [0.717, 1.165) is 19.3 Å². The summed E-state index contributed by atoms with van der Waals surface area (Å²) in [5.74, 6) is -0.996. The van der Waals surface area contributed by atoms with E-state index < -0.39 is 89.9 Å². The molecule has 21 atom stereocenters. The number of methoxy groups -OCH3 is 1. The highest BCUT2D eigenvalue weighted by Gasteiger charge is 2.72. The summed E-state index contributed by atoms with van der Waals surface area (Å²) >= 11 is 0. The molecule has 0 radical (unpaired) electrons. The van der Waals surface area contributed by atoms with Gasteiger partial charge in [-0.3, -0.25) is 0 Å². The molecule has 2 heterocycles. The first kappa shape index (κ1) is 42.1. The Kier molecular flexibility index (Phi) is 12.7. The minimum Gasteiger partial charge on any atom is -0.393 e. The average Bonchev–Trinajstić information content (AvgIpc) is 3.31. The van der Waals surface area contributed by atoms with Gasteiger partial charge in [0.2, 0.25) is 0 Å². The van der Waals surface area contributed by atoms with Gasteiger partial charge in [0.05, 0.1) is 49.8 Å². The van der Waals surface area contributed by atoms with E-state index in [0.29, 0.717) is 25.7 Å². The minimum absolute atomic E-state index is 0.00783. The first-order chi connectivity index (χ1) is 24.9. The van der Waals surface area contributed by atoms with Crippen LogP contribution in [0.5, 0.6) is 0 Å². The SMILES string of the molecule is CO[C@H]1[C@H](O[C@H]2CC[C@@]3(C)[C@H](C2)[C@H](O)C[C@]2(O)[C@@H]3CC[C@]3(C)[C@@H]([C@H](C)CC[C@H](CO[C@@H]4OC[C@@H](O)[C@H](O)[C@H]4O)C(C)C)[C@@H](O)[C@H](O)[C@H]32)OC[C@@H](O)[C@@H]1O. The zero-order chi connectivity index (χ0) is 38.8. The maximum Gasteiger partial charge on any atom is 0.186 e. The van der Waals surface area contributed by atoms with Crippen molar-refractivity contribution >= 4 is 0 Å². The molecule has 53 heavy (non-hydrogen) atoms. The molecular formula is C39H68O14. The summed E-state index contributed by atoms with van der Waals surface area (Å²) in [6, 6.07) is 0. The Bertz CT molecular complexity index is 1230. The van der Waals surface area contributed by atoms with Crippen LogP contribution in [-0.2, 0) is 23.7 Å². The van der Waals surface area contributed by atoms with Gasteiger partial charge in [0.15, 0.2) is 12.6 Å². The molecule has 6 aliphatic rings. The van der Waals surface area contributed by atoms with Crippen LogP contribution >= 0.6 is 0 Å². The third-order valence-corrected chi connectivity index (χ3v) is 15.3. The summed E-state index contributed by atoms with van der Waals surface area (Å²) in [5, 5.41) is 99.0. The van der Waals surface area contributed by atoms with Gasteiger partial charge < -0.3 is 69.6 Å². The molecule has 0 spiro atoms. The highest BCUT2D eigenvalue weighted by molar-refractivity contribution is 5.22. The highest BCUT2D eigenvalue weighted by atomic mass is 16.7. The second-order valence-corrected chi connectivity index (χ2v) is 18.6. The molecule has 14 nitrogen and oxygen atoms in total. The number of hydrogen-bond acceptors (Lipinski definition) is 14. The van der Waals surface area contributed by atoms with Gasteiger partial charge in [-0.15, -0.1) is 0 Å². The van der Waals surface area contributed by atoms with Gasteiger partial charge in [0.25, 0.3) is 0 Å². The van der Waals surface area contributed by atoms with Crippen molar-refractivity contribution in [2.24, 2.45) is 52.3 Å². The zero-order valence-corrected chi connectivity index (χ0v) is 32.3. The molecule has 0 bridgehead atoms. The van der Waals surface area contributed by atoms with Gasteiger partial charge >= 0.3 is 0 Å². The van der Waals surface area contributed by atoms with E-state index in [1.54, 1.807) is 0 Å². The van der Waals surface area contributed by atoms with Crippen molar-refractivity contribution in [1.82, 2.24) is 0 Å². The molecule has 4 aliphatic carbocycles. The predicted molar refractivity (Wildman–Crippen MR) is 189 cm³/mol. The fraction of sp³-hybridized carbons (Fsp3) is 1.00. The van der Waals surface area contributed by atoms with Crippen molar-refractivity contribution in [2.75, 3.05) is 26.9 Å². The molecule has 6 rings (SSSR count).